The number of hydrogen-bond acceptors (Lipinski definition) is 6. The van der Waals surface area contributed by atoms with E-state index in [4.69, 9.17) is 4.74 Å². The van der Waals surface area contributed by atoms with E-state index in [0.29, 0.717) is 15.6 Å². The number of carbonyl (C=O) groups excluding carboxylic acids is 1. The summed E-state index contributed by atoms with van der Waals surface area (Å²) in [6.07, 6.45) is 2.39. The normalized spacial score (nSPS) is 11.3. The quantitative estimate of drug-likeness (QED) is 0.300. The Morgan fingerprint density at radius 1 is 1.03 bits per heavy atom. The average Bonchev–Trinajstić information content (AvgIpc) is 2.78. The molecule has 0 radical (unpaired) electrons. The molecule has 9 heteroatoms. The second-order valence-corrected chi connectivity index (χ2v) is 8.59. The Labute approximate surface area is 185 Å². The van der Waals surface area contributed by atoms with Crippen molar-refractivity contribution in [2.45, 2.75) is 11.8 Å². The van der Waals surface area contributed by atoms with E-state index in [0.717, 1.165) is 11.6 Å². The Balaban J connectivity index is 2.03. The predicted molar refractivity (Wildman–Crippen MR) is 121 cm³/mol. The fourth-order valence-corrected chi connectivity index (χ4v) is 4.28. The topological polar surface area (TPSA) is 107 Å². The third-order valence-corrected chi connectivity index (χ3v) is 6.31. The van der Waals surface area contributed by atoms with Gasteiger partial charge in [0.25, 0.3) is 21.6 Å². The molecule has 8 nitrogen and oxygen atoms in total. The molecule has 0 aliphatic rings. The largest absolute Gasteiger partial charge is 0.497 e. The van der Waals surface area contributed by atoms with Crippen LogP contribution in [0.25, 0.3) is 6.08 Å². The fourth-order valence-electron chi connectivity index (χ4n) is 2.89. The lowest BCUT2D eigenvalue weighted by molar-refractivity contribution is -0.384. The molecule has 3 aromatic rings. The molecule has 3 rings (SSSR count). The standard InChI is InChI=1S/C23H20N2O6S/c1-17-6-13-22(14-7-17)32(29,30)24(19-9-11-21(31-2)12-10-19)23(26)15-8-18-4-3-5-20(16-18)25(27)28/h3-16H,1-2H3/b15-8+. The molecule has 0 aliphatic carbocycles. The monoisotopic (exact) mass is 452 g/mol. The van der Waals surface area contributed by atoms with Gasteiger partial charge in [0.1, 0.15) is 5.75 Å². The van der Waals surface area contributed by atoms with E-state index < -0.39 is 20.9 Å². The number of sulfonamides is 1. The zero-order valence-electron chi connectivity index (χ0n) is 17.3. The predicted octanol–water partition coefficient (Wildman–Crippen LogP) is 4.35. The van der Waals surface area contributed by atoms with Gasteiger partial charge in [-0.3, -0.25) is 14.9 Å². The Morgan fingerprint density at radius 3 is 2.28 bits per heavy atom. The van der Waals surface area contributed by atoms with Crippen molar-refractivity contribution >= 4 is 33.4 Å². The molecule has 0 saturated heterocycles. The van der Waals surface area contributed by atoms with Crippen molar-refractivity contribution in [3.63, 3.8) is 0 Å². The molecular weight excluding hydrogens is 432 g/mol. The number of amides is 1. The van der Waals surface area contributed by atoms with E-state index in [1.807, 2.05) is 6.92 Å². The summed E-state index contributed by atoms with van der Waals surface area (Å²) < 4.78 is 32.5. The third-order valence-electron chi connectivity index (χ3n) is 4.57. The summed E-state index contributed by atoms with van der Waals surface area (Å²) in [5.41, 5.74) is 1.24. The lowest BCUT2D eigenvalue weighted by Crippen LogP contribution is -2.35. The van der Waals surface area contributed by atoms with E-state index >= 15 is 0 Å². The number of methoxy groups -OCH3 is 1. The molecule has 0 N–H and O–H groups in total. The van der Waals surface area contributed by atoms with Gasteiger partial charge in [0, 0.05) is 18.2 Å². The number of rotatable bonds is 7. The maximum Gasteiger partial charge on any atom is 0.271 e. The maximum atomic E-state index is 13.3. The SMILES string of the molecule is COc1ccc(N(C(=O)/C=C/c2cccc([N+](=O)[O-])c2)S(=O)(=O)c2ccc(C)cc2)cc1. The van der Waals surface area contributed by atoms with Crippen molar-refractivity contribution in [3.05, 3.63) is 100 Å². The Kier molecular flexibility index (Phi) is 6.70. The van der Waals surface area contributed by atoms with Gasteiger partial charge in [-0.1, -0.05) is 29.8 Å². The number of benzene rings is 3. The van der Waals surface area contributed by atoms with Crippen LogP contribution < -0.4 is 9.04 Å². The average molecular weight is 452 g/mol. The van der Waals surface area contributed by atoms with Crippen molar-refractivity contribution in [3.8, 4) is 5.75 Å². The van der Waals surface area contributed by atoms with Gasteiger partial charge >= 0.3 is 0 Å². The van der Waals surface area contributed by atoms with Gasteiger partial charge in [-0.25, -0.2) is 8.42 Å². The number of nitro groups is 1. The summed E-state index contributed by atoms with van der Waals surface area (Å²) in [7, 11) is -2.76. The highest BCUT2D eigenvalue weighted by molar-refractivity contribution is 7.93. The van der Waals surface area contributed by atoms with E-state index in [9.17, 15) is 23.3 Å². The van der Waals surface area contributed by atoms with Crippen LogP contribution in [0.1, 0.15) is 11.1 Å². The molecule has 0 aliphatic heterocycles. The maximum absolute atomic E-state index is 13.3. The smallest absolute Gasteiger partial charge is 0.271 e. The van der Waals surface area contributed by atoms with E-state index in [2.05, 4.69) is 0 Å². The van der Waals surface area contributed by atoms with E-state index in [-0.39, 0.29) is 16.3 Å². The second kappa shape index (κ2) is 9.44. The summed E-state index contributed by atoms with van der Waals surface area (Å²) in [5.74, 6) is -0.330. The first-order chi connectivity index (χ1) is 15.2. The highest BCUT2D eigenvalue weighted by Crippen LogP contribution is 2.27. The van der Waals surface area contributed by atoms with Crippen LogP contribution >= 0.6 is 0 Å². The summed E-state index contributed by atoms with van der Waals surface area (Å²) in [6.45, 7) is 1.82. The number of anilines is 1. The summed E-state index contributed by atoms with van der Waals surface area (Å²) in [6, 6.07) is 17.8. The van der Waals surface area contributed by atoms with Crippen molar-refractivity contribution in [1.29, 1.82) is 0 Å². The minimum atomic E-state index is -4.23. The van der Waals surface area contributed by atoms with Crippen LogP contribution in [0.2, 0.25) is 0 Å². The van der Waals surface area contributed by atoms with Gasteiger partial charge < -0.3 is 4.74 Å². The van der Waals surface area contributed by atoms with Gasteiger partial charge in [0.05, 0.1) is 22.6 Å². The zero-order chi connectivity index (χ0) is 23.3. The molecule has 0 aromatic heterocycles. The molecule has 0 bridgehead atoms. The van der Waals surface area contributed by atoms with E-state index in [1.165, 1.54) is 55.7 Å². The molecule has 0 fully saturated rings. The molecule has 0 spiro atoms. The van der Waals surface area contributed by atoms with Crippen molar-refractivity contribution in [1.82, 2.24) is 0 Å². The number of aryl methyl sites for hydroxylation is 1. The molecule has 32 heavy (non-hydrogen) atoms. The van der Waals surface area contributed by atoms with Crippen LogP contribution in [0.5, 0.6) is 5.75 Å². The molecule has 0 saturated carbocycles. The highest BCUT2D eigenvalue weighted by Gasteiger charge is 2.29. The number of ether oxygens (including phenoxy) is 1. The summed E-state index contributed by atoms with van der Waals surface area (Å²) in [4.78, 5) is 23.4. The first kappa shape index (κ1) is 22.7. The Hall–Kier alpha value is -3.98. The first-order valence-electron chi connectivity index (χ1n) is 9.45. The molecular formula is C23H20N2O6S. The van der Waals surface area contributed by atoms with Crippen molar-refractivity contribution in [2.24, 2.45) is 0 Å². The summed E-state index contributed by atoms with van der Waals surface area (Å²) >= 11 is 0. The number of carbonyl (C=O) groups is 1. The molecule has 0 heterocycles. The van der Waals surface area contributed by atoms with Crippen molar-refractivity contribution < 1.29 is 22.9 Å². The van der Waals surface area contributed by atoms with Gasteiger partial charge in [0.15, 0.2) is 0 Å². The minimum absolute atomic E-state index is 0.0454. The van der Waals surface area contributed by atoms with Crippen LogP contribution in [-0.2, 0) is 14.8 Å². The van der Waals surface area contributed by atoms with E-state index in [1.54, 1.807) is 30.3 Å². The lowest BCUT2D eigenvalue weighted by atomic mass is 10.2. The van der Waals surface area contributed by atoms with Crippen LogP contribution in [0.4, 0.5) is 11.4 Å². The number of nitrogens with zero attached hydrogens (tertiary/aromatic N) is 2. The molecule has 164 valence electrons. The summed E-state index contributed by atoms with van der Waals surface area (Å²) in [5, 5.41) is 11.0. The van der Waals surface area contributed by atoms with Crippen LogP contribution in [0.3, 0.4) is 0 Å². The van der Waals surface area contributed by atoms with Gasteiger partial charge in [0.2, 0.25) is 0 Å². The van der Waals surface area contributed by atoms with Crippen LogP contribution in [-0.4, -0.2) is 26.4 Å². The molecule has 1 amide bonds. The molecule has 0 atom stereocenters. The van der Waals surface area contributed by atoms with Gasteiger partial charge in [-0.15, -0.1) is 0 Å². The second-order valence-electron chi connectivity index (χ2n) is 6.80. The van der Waals surface area contributed by atoms with Gasteiger partial charge in [-0.2, -0.15) is 4.31 Å². The van der Waals surface area contributed by atoms with Crippen LogP contribution in [0.15, 0.2) is 83.8 Å². The zero-order valence-corrected chi connectivity index (χ0v) is 18.2. The Morgan fingerprint density at radius 2 is 1.69 bits per heavy atom. The van der Waals surface area contributed by atoms with Crippen LogP contribution in [0, 0.1) is 17.0 Å². The number of nitro benzene ring substituents is 1. The molecule has 3 aromatic carbocycles. The third kappa shape index (κ3) is 5.01. The lowest BCUT2D eigenvalue weighted by Gasteiger charge is -2.21. The van der Waals surface area contributed by atoms with Crippen molar-refractivity contribution in [2.75, 3.05) is 11.4 Å². The number of non-ortho nitro benzene ring substituents is 1. The molecule has 0 unspecified atom stereocenters. The first-order valence-corrected chi connectivity index (χ1v) is 10.9. The minimum Gasteiger partial charge on any atom is -0.497 e. The Bertz CT molecular complexity index is 1270. The number of hydrogen-bond donors (Lipinski definition) is 0. The van der Waals surface area contributed by atoms with Gasteiger partial charge in [-0.05, 0) is 55.0 Å². The highest BCUT2D eigenvalue weighted by atomic mass is 32.2. The fraction of sp³-hybridized carbons (Fsp3) is 0.0870.